The lowest BCUT2D eigenvalue weighted by Crippen LogP contribution is -2.46. The number of carbonyl (C=O) groups is 2. The van der Waals surface area contributed by atoms with E-state index in [9.17, 15) is 22.4 Å². The third-order valence-corrected chi connectivity index (χ3v) is 5.40. The van der Waals surface area contributed by atoms with Crippen molar-refractivity contribution in [2.45, 2.75) is 49.9 Å². The smallest absolute Gasteiger partial charge is 0.411 e. The van der Waals surface area contributed by atoms with E-state index in [0.717, 1.165) is 18.2 Å². The third kappa shape index (κ3) is 5.17. The van der Waals surface area contributed by atoms with Crippen LogP contribution in [0, 0.1) is 17.1 Å². The maximum Gasteiger partial charge on any atom is 0.411 e. The summed E-state index contributed by atoms with van der Waals surface area (Å²) in [4.78, 5) is 24.1. The number of halogens is 1. The van der Waals surface area contributed by atoms with Crippen LogP contribution in [0.3, 0.4) is 0 Å². The van der Waals surface area contributed by atoms with Gasteiger partial charge in [-0.15, -0.1) is 0 Å². The first-order valence-electron chi connectivity index (χ1n) is 8.38. The second kappa shape index (κ2) is 8.12. The molecule has 2 amide bonds. The Hall–Kier alpha value is -2.71. The zero-order chi connectivity index (χ0) is 21.1. The van der Waals surface area contributed by atoms with Gasteiger partial charge in [-0.25, -0.2) is 22.3 Å². The normalized spacial score (nSPS) is 19.8. The molecule has 1 aliphatic heterocycles. The summed E-state index contributed by atoms with van der Waals surface area (Å²) in [7, 11) is -4.08. The maximum atomic E-state index is 13.4. The number of ether oxygens (including phenoxy) is 1. The summed E-state index contributed by atoms with van der Waals surface area (Å²) in [6.07, 6.45) is -0.910. The number of likely N-dealkylation sites (tertiary alicyclic amines) is 1. The highest BCUT2D eigenvalue weighted by Gasteiger charge is 2.39. The molecule has 2 rings (SSSR count). The second-order valence-electron chi connectivity index (χ2n) is 7.24. The molecule has 0 saturated carbocycles. The van der Waals surface area contributed by atoms with E-state index in [0.29, 0.717) is 6.41 Å². The average molecular weight is 412 g/mol. The lowest BCUT2D eigenvalue weighted by atomic mass is 10.2. The van der Waals surface area contributed by atoms with E-state index in [1.165, 1.54) is 4.90 Å². The second-order valence-corrected chi connectivity index (χ2v) is 8.95. The Kier molecular flexibility index (Phi) is 6.26. The zero-order valence-corrected chi connectivity index (χ0v) is 16.4. The fraction of sp³-hybridized carbons (Fsp3) is 0.471. The molecule has 0 unspecified atom stereocenters. The Morgan fingerprint density at radius 3 is 2.68 bits per heavy atom. The van der Waals surface area contributed by atoms with Gasteiger partial charge in [-0.3, -0.25) is 9.69 Å². The van der Waals surface area contributed by atoms with Gasteiger partial charge in [0.15, 0.2) is 0 Å². The molecule has 28 heavy (non-hydrogen) atoms. The summed E-state index contributed by atoms with van der Waals surface area (Å²) in [5, 5.41) is 11.3. The first-order valence-corrected chi connectivity index (χ1v) is 9.86. The molecular formula is C17H21FN4O5S. The molecule has 2 N–H and O–H groups in total. The minimum Gasteiger partial charge on any atom is -0.444 e. The summed E-state index contributed by atoms with van der Waals surface area (Å²) in [5.74, 6) is -0.825. The largest absolute Gasteiger partial charge is 0.444 e. The Bertz CT molecular complexity index is 907. The van der Waals surface area contributed by atoms with Crippen LogP contribution in [-0.2, 0) is 19.6 Å². The first-order chi connectivity index (χ1) is 13.0. The fourth-order valence-corrected chi connectivity index (χ4v) is 3.99. The van der Waals surface area contributed by atoms with Crippen molar-refractivity contribution in [1.29, 1.82) is 5.26 Å². The van der Waals surface area contributed by atoms with Crippen LogP contribution in [0.4, 0.5) is 9.18 Å². The van der Waals surface area contributed by atoms with E-state index in [2.05, 4.69) is 10.0 Å². The van der Waals surface area contributed by atoms with Crippen LogP contribution >= 0.6 is 0 Å². The average Bonchev–Trinajstić information content (AvgIpc) is 2.95. The van der Waals surface area contributed by atoms with Gasteiger partial charge in [0, 0.05) is 19.0 Å². The number of carbonyl (C=O) groups excluding carboxylic acids is 2. The van der Waals surface area contributed by atoms with Crippen LogP contribution in [0.15, 0.2) is 23.1 Å². The Labute approximate surface area is 162 Å². The minimum atomic E-state index is -4.08. The summed E-state index contributed by atoms with van der Waals surface area (Å²) >= 11 is 0. The molecule has 11 heteroatoms. The summed E-state index contributed by atoms with van der Waals surface area (Å²) in [5.41, 5.74) is -1.16. The quantitative estimate of drug-likeness (QED) is 0.696. The van der Waals surface area contributed by atoms with Crippen molar-refractivity contribution in [3.63, 3.8) is 0 Å². The molecule has 0 radical (unpaired) electrons. The molecule has 0 aliphatic carbocycles. The number of nitrogens with zero attached hydrogens (tertiary/aromatic N) is 2. The molecule has 152 valence electrons. The van der Waals surface area contributed by atoms with Crippen molar-refractivity contribution in [2.24, 2.45) is 0 Å². The van der Waals surface area contributed by atoms with Crippen molar-refractivity contribution in [3.8, 4) is 6.07 Å². The van der Waals surface area contributed by atoms with Crippen molar-refractivity contribution in [3.05, 3.63) is 29.6 Å². The molecule has 0 spiro atoms. The van der Waals surface area contributed by atoms with Gasteiger partial charge in [-0.2, -0.15) is 5.26 Å². The lowest BCUT2D eigenvalue weighted by Gasteiger charge is -2.28. The molecule has 0 aromatic heterocycles. The number of benzene rings is 1. The number of hydrogen-bond donors (Lipinski definition) is 2. The third-order valence-electron chi connectivity index (χ3n) is 3.88. The highest BCUT2D eigenvalue weighted by molar-refractivity contribution is 7.89. The molecule has 1 aromatic rings. The highest BCUT2D eigenvalue weighted by Crippen LogP contribution is 2.22. The topological polar surface area (TPSA) is 129 Å². The van der Waals surface area contributed by atoms with E-state index in [1.54, 1.807) is 26.8 Å². The molecule has 1 fully saturated rings. The van der Waals surface area contributed by atoms with E-state index in [-0.39, 0.29) is 17.9 Å². The Morgan fingerprint density at radius 1 is 1.43 bits per heavy atom. The Morgan fingerprint density at radius 2 is 2.11 bits per heavy atom. The van der Waals surface area contributed by atoms with Crippen LogP contribution in [0.25, 0.3) is 0 Å². The van der Waals surface area contributed by atoms with Gasteiger partial charge < -0.3 is 10.1 Å². The van der Waals surface area contributed by atoms with Gasteiger partial charge in [0.1, 0.15) is 23.7 Å². The molecule has 1 aromatic carbocycles. The number of amides is 2. The van der Waals surface area contributed by atoms with Gasteiger partial charge in [-0.05, 0) is 39.0 Å². The van der Waals surface area contributed by atoms with Crippen LogP contribution in [0.5, 0.6) is 0 Å². The summed E-state index contributed by atoms with van der Waals surface area (Å²) in [6.45, 7) is 5.02. The zero-order valence-electron chi connectivity index (χ0n) is 15.6. The van der Waals surface area contributed by atoms with E-state index in [4.69, 9.17) is 10.00 Å². The fourth-order valence-electron chi connectivity index (χ4n) is 2.72. The van der Waals surface area contributed by atoms with E-state index >= 15 is 0 Å². The van der Waals surface area contributed by atoms with Crippen LogP contribution in [-0.4, -0.2) is 50.2 Å². The van der Waals surface area contributed by atoms with Gasteiger partial charge in [0.05, 0.1) is 10.5 Å². The van der Waals surface area contributed by atoms with Crippen LogP contribution in [0.1, 0.15) is 32.8 Å². The SMILES string of the molecule is CC(C)(C)OC(=O)N1C[C@H](NS(=O)(=O)c2ccc(F)c(C#N)c2)C[C@H]1NC=O. The van der Waals surface area contributed by atoms with Crippen LogP contribution < -0.4 is 10.0 Å². The Balaban J connectivity index is 2.18. The highest BCUT2D eigenvalue weighted by atomic mass is 32.2. The molecule has 1 heterocycles. The summed E-state index contributed by atoms with van der Waals surface area (Å²) < 4.78 is 46.3. The predicted octanol–water partition coefficient (Wildman–Crippen LogP) is 1.06. The van der Waals surface area contributed by atoms with Crippen molar-refractivity contribution in [2.75, 3.05) is 6.54 Å². The number of nitriles is 1. The number of nitrogens with one attached hydrogen (secondary N) is 2. The number of rotatable bonds is 5. The monoisotopic (exact) mass is 412 g/mol. The van der Waals surface area contributed by atoms with Crippen molar-refractivity contribution >= 4 is 22.5 Å². The molecule has 0 bridgehead atoms. The molecule has 1 saturated heterocycles. The number of sulfonamides is 1. The van der Waals surface area contributed by atoms with Gasteiger partial charge in [0.2, 0.25) is 16.4 Å². The minimum absolute atomic E-state index is 0.0358. The van der Waals surface area contributed by atoms with Crippen molar-refractivity contribution in [1.82, 2.24) is 14.9 Å². The molecule has 2 atom stereocenters. The first kappa shape index (κ1) is 21.6. The molecular weight excluding hydrogens is 391 g/mol. The lowest BCUT2D eigenvalue weighted by molar-refractivity contribution is -0.110. The van der Waals surface area contributed by atoms with Gasteiger partial charge >= 0.3 is 6.09 Å². The summed E-state index contributed by atoms with van der Waals surface area (Å²) in [6, 6.07) is 3.73. The standard InChI is InChI=1S/C17H21FN4O5S/c1-17(2,3)27-16(24)22-9-12(7-15(22)20-10-23)21-28(25,26)13-4-5-14(18)11(6-13)8-19/h4-6,10,12,15,21H,7,9H2,1-3H3,(H,20,23)/t12-,15+/m1/s1. The van der Waals surface area contributed by atoms with Crippen molar-refractivity contribution < 1.29 is 27.1 Å². The number of hydrogen-bond acceptors (Lipinski definition) is 6. The van der Waals surface area contributed by atoms with E-state index in [1.807, 2.05) is 0 Å². The van der Waals surface area contributed by atoms with Gasteiger partial charge in [-0.1, -0.05) is 0 Å². The predicted molar refractivity (Wildman–Crippen MR) is 95.8 cm³/mol. The van der Waals surface area contributed by atoms with E-state index < -0.39 is 45.3 Å². The maximum absolute atomic E-state index is 13.4. The molecule has 9 nitrogen and oxygen atoms in total. The van der Waals surface area contributed by atoms with Crippen LogP contribution in [0.2, 0.25) is 0 Å². The molecule has 1 aliphatic rings. The van der Waals surface area contributed by atoms with Gasteiger partial charge in [0.25, 0.3) is 0 Å².